The van der Waals surface area contributed by atoms with Crippen molar-refractivity contribution < 1.29 is 29.0 Å². The van der Waals surface area contributed by atoms with Crippen LogP contribution in [-0.4, -0.2) is 101 Å². The van der Waals surface area contributed by atoms with E-state index in [9.17, 15) is 24.3 Å². The average Bonchev–Trinajstić information content (AvgIpc) is 3.90. The van der Waals surface area contributed by atoms with E-state index < -0.39 is 29.9 Å². The Morgan fingerprint density at radius 1 is 0.694 bits per heavy atom. The van der Waals surface area contributed by atoms with Crippen LogP contribution in [0, 0.1) is 0 Å². The van der Waals surface area contributed by atoms with Gasteiger partial charge >= 0.3 is 12.2 Å². The van der Waals surface area contributed by atoms with Crippen LogP contribution in [0.3, 0.4) is 0 Å². The number of rotatable bonds is 19. The van der Waals surface area contributed by atoms with Gasteiger partial charge < -0.3 is 30.3 Å². The Labute approximate surface area is 373 Å². The van der Waals surface area contributed by atoms with Crippen molar-refractivity contribution in [2.45, 2.75) is 129 Å². The predicted octanol–water partition coefficient (Wildman–Crippen LogP) is 8.95. The molecule has 2 aliphatic heterocycles. The van der Waals surface area contributed by atoms with Crippen LogP contribution in [0.2, 0.25) is 0 Å². The third kappa shape index (κ3) is 12.1. The summed E-state index contributed by atoms with van der Waals surface area (Å²) >= 11 is 0. The molecule has 14 nitrogen and oxygen atoms in total. The molecular weight excluding hydrogens is 825 g/mol. The first kappa shape index (κ1) is 46.5. The number of carboxylic acid groups (broad SMARTS) is 1. The molecule has 2 aromatic carbocycles. The van der Waals surface area contributed by atoms with E-state index in [4.69, 9.17) is 14.9 Å². The second-order valence-corrected chi connectivity index (χ2v) is 19.5. The summed E-state index contributed by atoms with van der Waals surface area (Å²) in [5.74, 6) is -0.260. The van der Waals surface area contributed by atoms with Crippen molar-refractivity contribution in [3.05, 3.63) is 84.2 Å². The normalized spacial score (nSPS) is 17.1. The first-order valence-corrected chi connectivity index (χ1v) is 24.5. The van der Waals surface area contributed by atoms with E-state index in [1.807, 2.05) is 79.8 Å². The third-order valence-electron chi connectivity index (χ3n) is 11.2. The van der Waals surface area contributed by atoms with Crippen molar-refractivity contribution in [3.8, 4) is 22.5 Å². The molecule has 4 heterocycles. The summed E-state index contributed by atoms with van der Waals surface area (Å²) in [6.07, 6.45) is 5.39. The van der Waals surface area contributed by atoms with Gasteiger partial charge in [0.1, 0.15) is 17.7 Å². The maximum absolute atomic E-state index is 14.7. The Bertz CT molecular complexity index is 2110. The molecule has 4 atom stereocenters. The number of benzene rings is 2. The summed E-state index contributed by atoms with van der Waals surface area (Å²) in [7, 11) is 2.61. The van der Waals surface area contributed by atoms with Gasteiger partial charge in [0.25, 0.3) is 0 Å². The minimum absolute atomic E-state index is 0.112. The van der Waals surface area contributed by atoms with E-state index >= 15 is 0 Å². The number of alkyl carbamates (subject to hydrolysis) is 1. The fraction of sp³-hybridized carbons (Fsp3) is 0.522. The van der Waals surface area contributed by atoms with Gasteiger partial charge in [0.05, 0.1) is 47.9 Å². The van der Waals surface area contributed by atoms with E-state index in [0.717, 1.165) is 85.3 Å². The highest BCUT2D eigenvalue weighted by Crippen LogP contribution is 2.36. The van der Waals surface area contributed by atoms with Gasteiger partial charge in [-0.05, 0) is 45.7 Å². The van der Waals surface area contributed by atoms with Crippen LogP contribution in [0.15, 0.2) is 72.8 Å². The smallest absolute Gasteiger partial charge is 0.408 e. The molecule has 16 heteroatoms. The van der Waals surface area contributed by atoms with Crippen molar-refractivity contribution in [3.63, 3.8) is 0 Å². The van der Waals surface area contributed by atoms with Gasteiger partial charge in [-0.15, -0.1) is 0 Å². The fourth-order valence-electron chi connectivity index (χ4n) is 8.18. The molecule has 2 aromatic heterocycles. The van der Waals surface area contributed by atoms with E-state index in [2.05, 4.69) is 36.6 Å². The number of aromatic nitrogens is 4. The van der Waals surface area contributed by atoms with Crippen LogP contribution in [0.1, 0.15) is 109 Å². The molecule has 0 fully saturated rings. The quantitative estimate of drug-likeness (QED) is 0.0612. The van der Waals surface area contributed by atoms with Crippen molar-refractivity contribution >= 4 is 45.6 Å². The van der Waals surface area contributed by atoms with Crippen LogP contribution in [-0.2, 0) is 27.4 Å². The average molecular weight is 887 g/mol. The summed E-state index contributed by atoms with van der Waals surface area (Å²) in [4.78, 5) is 58.2. The molecule has 0 bridgehead atoms. The van der Waals surface area contributed by atoms with Crippen molar-refractivity contribution in [2.24, 2.45) is 0 Å². The van der Waals surface area contributed by atoms with E-state index in [1.165, 1.54) is 21.6 Å². The van der Waals surface area contributed by atoms with Crippen molar-refractivity contribution in [1.82, 2.24) is 40.0 Å². The zero-order valence-corrected chi connectivity index (χ0v) is 38.3. The number of ether oxygens (including phenoxy) is 1. The van der Waals surface area contributed by atoms with Gasteiger partial charge in [0.2, 0.25) is 11.8 Å². The molecule has 0 spiro atoms. The topological polar surface area (TPSA) is 164 Å². The van der Waals surface area contributed by atoms with Crippen LogP contribution < -0.4 is 10.6 Å². The summed E-state index contributed by atoms with van der Waals surface area (Å²) in [6, 6.07) is 21.6. The number of hydrogen-bond acceptors (Lipinski definition) is 9. The highest BCUT2D eigenvalue weighted by Gasteiger charge is 2.39. The standard InChI is InChI=1S/C46H62N8O6S2/c1-6-8-12-22-38-40-28-34(32-18-14-10-15-19-32)49-53(40)26-24-51(38)42(55)36(47-44(57)58)30-61-62-31-37(48-45(59)60-46(3,4)5)43(56)52-25-27-54-41(39(52)23-13-9-7-2)29-35(50-54)33-20-16-11-17-21-33/h10-11,14-21,28-29,36-39,47H,6-9,12-13,22-27,30-31H2,1-5H3,(H,48,59)(H,57,58)/t36-,37-,38?,39?/m0/s1. The first-order valence-electron chi connectivity index (χ1n) is 22.0. The largest absolute Gasteiger partial charge is 0.465 e. The second-order valence-electron chi connectivity index (χ2n) is 16.9. The molecule has 0 saturated carbocycles. The Hall–Kier alpha value is -4.96. The van der Waals surface area contributed by atoms with Gasteiger partial charge in [0.15, 0.2) is 0 Å². The van der Waals surface area contributed by atoms with Gasteiger partial charge in [0, 0.05) is 35.7 Å². The number of carbonyl (C=O) groups excluding carboxylic acids is 3. The second kappa shape index (κ2) is 21.9. The zero-order chi connectivity index (χ0) is 44.2. The maximum atomic E-state index is 14.7. The third-order valence-corrected chi connectivity index (χ3v) is 13.6. The minimum atomic E-state index is -1.29. The van der Waals surface area contributed by atoms with E-state index in [-0.39, 0.29) is 35.4 Å². The van der Waals surface area contributed by atoms with Crippen LogP contribution in [0.4, 0.5) is 9.59 Å². The highest BCUT2D eigenvalue weighted by molar-refractivity contribution is 8.76. The molecule has 2 unspecified atom stereocenters. The lowest BCUT2D eigenvalue weighted by Crippen LogP contribution is -2.54. The molecule has 62 heavy (non-hydrogen) atoms. The maximum Gasteiger partial charge on any atom is 0.408 e. The molecule has 0 radical (unpaired) electrons. The lowest BCUT2D eigenvalue weighted by Gasteiger charge is -2.38. The van der Waals surface area contributed by atoms with Crippen molar-refractivity contribution in [1.29, 1.82) is 0 Å². The number of carbonyl (C=O) groups is 4. The van der Waals surface area contributed by atoms with Gasteiger partial charge in [-0.3, -0.25) is 19.0 Å². The monoisotopic (exact) mass is 886 g/mol. The Morgan fingerprint density at radius 3 is 1.53 bits per heavy atom. The minimum Gasteiger partial charge on any atom is -0.465 e. The molecular formula is C46H62N8O6S2. The molecule has 4 aromatic rings. The molecule has 3 N–H and O–H groups in total. The van der Waals surface area contributed by atoms with E-state index in [1.54, 1.807) is 20.8 Å². The molecule has 6 rings (SSSR count). The molecule has 334 valence electrons. The van der Waals surface area contributed by atoms with Crippen LogP contribution in [0.25, 0.3) is 22.5 Å². The Balaban J connectivity index is 1.18. The SMILES string of the molecule is CCCCCC1c2cc(-c3ccccc3)nn2CCN1C(=O)[C@H](CSSC[C@H](NC(=O)OC(C)(C)C)C(=O)N1CCn2nc(-c3ccccc3)cc2C1CCCCC)NC(=O)O. The molecule has 0 saturated heterocycles. The summed E-state index contributed by atoms with van der Waals surface area (Å²) in [5, 5.41) is 25.1. The summed E-state index contributed by atoms with van der Waals surface area (Å²) in [6.45, 7) is 11.4. The Morgan fingerprint density at radius 2 is 1.13 bits per heavy atom. The van der Waals surface area contributed by atoms with Crippen LogP contribution in [0.5, 0.6) is 0 Å². The zero-order valence-electron chi connectivity index (χ0n) is 36.6. The predicted molar refractivity (Wildman–Crippen MR) is 246 cm³/mol. The summed E-state index contributed by atoms with van der Waals surface area (Å²) in [5.41, 5.74) is 4.80. The number of fused-ring (bicyclic) bond motifs is 2. The number of unbranched alkanes of at least 4 members (excludes halogenated alkanes) is 4. The highest BCUT2D eigenvalue weighted by atomic mass is 33.1. The van der Waals surface area contributed by atoms with Gasteiger partial charge in [-0.25, -0.2) is 9.59 Å². The van der Waals surface area contributed by atoms with Gasteiger partial charge in [-0.2, -0.15) is 10.2 Å². The summed E-state index contributed by atoms with van der Waals surface area (Å²) < 4.78 is 9.61. The van der Waals surface area contributed by atoms with Crippen LogP contribution >= 0.6 is 21.6 Å². The van der Waals surface area contributed by atoms with Crippen molar-refractivity contribution in [2.75, 3.05) is 24.6 Å². The Kier molecular flexibility index (Phi) is 16.4. The number of nitrogens with zero attached hydrogens (tertiary/aromatic N) is 6. The van der Waals surface area contributed by atoms with E-state index in [0.29, 0.717) is 26.2 Å². The number of nitrogens with one attached hydrogen (secondary N) is 2. The lowest BCUT2D eigenvalue weighted by molar-refractivity contribution is -0.137. The lowest BCUT2D eigenvalue weighted by atomic mass is 10.00. The first-order chi connectivity index (χ1) is 29.9. The van der Waals surface area contributed by atoms with Gasteiger partial charge in [-0.1, -0.05) is 135 Å². The molecule has 4 amide bonds. The number of hydrogen-bond donors (Lipinski definition) is 3. The fourth-order valence-corrected chi connectivity index (χ4v) is 10.5. The number of amides is 4. The molecule has 2 aliphatic rings. The molecule has 0 aliphatic carbocycles.